The fourth-order valence-electron chi connectivity index (χ4n) is 10.9. The lowest BCUT2D eigenvalue weighted by Gasteiger charge is -2.23. The fourth-order valence-corrected chi connectivity index (χ4v) is 13.2. The third kappa shape index (κ3) is 15.9. The molecule has 0 saturated carbocycles. The maximum atomic E-state index is 13.6. The minimum Gasteiger partial charge on any atom is -0.342 e. The number of benzene rings is 6. The van der Waals surface area contributed by atoms with Gasteiger partial charge in [-0.15, -0.1) is 5.92 Å². The molecule has 0 unspecified atom stereocenters. The summed E-state index contributed by atoms with van der Waals surface area (Å²) < 4.78 is 49.7. The van der Waals surface area contributed by atoms with Gasteiger partial charge in [0.25, 0.3) is 30.9 Å². The average Bonchev–Trinajstić information content (AvgIpc) is 3.68. The molecule has 2 aromatic heterocycles. The van der Waals surface area contributed by atoms with Gasteiger partial charge in [-0.3, -0.25) is 19.4 Å². The van der Waals surface area contributed by atoms with E-state index in [1.807, 2.05) is 88.7 Å². The monoisotopic (exact) mass is 1180 g/mol. The number of aromatic nitrogens is 4. The van der Waals surface area contributed by atoms with Gasteiger partial charge in [0, 0.05) is 72.9 Å². The lowest BCUT2D eigenvalue weighted by Crippen LogP contribution is -2.37. The molecule has 0 radical (unpaired) electrons. The van der Waals surface area contributed by atoms with Gasteiger partial charge in [-0.25, -0.2) is 36.0 Å². The van der Waals surface area contributed by atoms with E-state index in [1.54, 1.807) is 61.5 Å². The van der Waals surface area contributed by atoms with E-state index in [9.17, 15) is 26.4 Å². The van der Waals surface area contributed by atoms with E-state index < -0.39 is 19.1 Å². The molecule has 0 spiro atoms. The Bertz CT molecular complexity index is 3680. The average molecular weight is 1180 g/mol. The standard InChI is InChI=1S/C29H30N4O3S.C23H26N4O.C6H5ClO2S.C4H6O4/c34-29(32-19-16-24(21-32)31-17-6-7-18-31)23-14-12-22(13-15-23)20-28-30-26-10-4-5-11-27(26)33(28)37(35,36)25-8-2-1-3-9-25;28-23(27-14-11-19(16-27)26-12-3-4-13-26)18-9-7-17(8-10-18)15-22-24-20-5-1-2-6-21(20)25-22;7-10(8,9)6-4-2-1-3-5-6;1-2-3-4-6-8-7-5/h1-5,8-15,24H,6-7,16-21H2;1-2,5-10,19H,3-4,11-16H2,(H,24,25);1-5H;5H,4H2,1H3/t24-;19-;;/m00../s1. The molecule has 21 heteroatoms. The molecule has 2 amide bonds. The van der Waals surface area contributed by atoms with Gasteiger partial charge in [0.15, 0.2) is 0 Å². The maximum absolute atomic E-state index is 13.6. The molecule has 18 nitrogen and oxygen atoms in total. The van der Waals surface area contributed by atoms with Crippen molar-refractivity contribution in [3.05, 3.63) is 192 Å². The second kappa shape index (κ2) is 28.8. The van der Waals surface area contributed by atoms with E-state index in [2.05, 4.69) is 63.7 Å². The highest BCUT2D eigenvalue weighted by molar-refractivity contribution is 8.13. The van der Waals surface area contributed by atoms with Gasteiger partial charge in [0.2, 0.25) is 0 Å². The van der Waals surface area contributed by atoms with E-state index in [0.29, 0.717) is 40.9 Å². The summed E-state index contributed by atoms with van der Waals surface area (Å²) in [5.74, 6) is 6.65. The second-order valence-corrected chi connectivity index (χ2v) is 24.9. The van der Waals surface area contributed by atoms with Crippen molar-refractivity contribution in [1.29, 1.82) is 0 Å². The Morgan fingerprint density at radius 2 is 1.11 bits per heavy atom. The molecule has 2 N–H and O–H groups in total. The van der Waals surface area contributed by atoms with Crippen LogP contribution < -0.4 is 0 Å². The Morgan fingerprint density at radius 1 is 0.614 bits per heavy atom. The topological polar surface area (TPSA) is 210 Å². The molecule has 0 bridgehead atoms. The number of hydrogen-bond donors (Lipinski definition) is 2. The van der Waals surface area contributed by atoms with Crippen molar-refractivity contribution < 1.29 is 46.6 Å². The number of hydrogen-bond acceptors (Lipinski definition) is 14. The molecule has 4 fully saturated rings. The lowest BCUT2D eigenvalue weighted by atomic mass is 10.1. The Labute approximate surface area is 488 Å². The number of H-pyrrole nitrogens is 1. The largest absolute Gasteiger partial charge is 0.342 e. The quantitative estimate of drug-likeness (QED) is 0.0342. The number of amides is 2. The molecule has 8 aromatic rings. The van der Waals surface area contributed by atoms with E-state index in [-0.39, 0.29) is 28.2 Å². The molecule has 2 atom stereocenters. The van der Waals surface area contributed by atoms with Crippen LogP contribution in [0.3, 0.4) is 0 Å². The molecular weight excluding hydrogens is 1120 g/mol. The summed E-state index contributed by atoms with van der Waals surface area (Å²) in [5, 5.41) is 14.2. The van der Waals surface area contributed by atoms with Crippen molar-refractivity contribution in [2.45, 2.75) is 80.2 Å². The lowest BCUT2D eigenvalue weighted by molar-refractivity contribution is -0.620. The van der Waals surface area contributed by atoms with Crippen LogP contribution in [0, 0.1) is 11.8 Å². The van der Waals surface area contributed by atoms with Crippen LogP contribution in [0.2, 0.25) is 0 Å². The predicted molar refractivity (Wildman–Crippen MR) is 317 cm³/mol. The minimum atomic E-state index is -3.83. The molecule has 4 aliphatic heterocycles. The van der Waals surface area contributed by atoms with Crippen LogP contribution in [0.4, 0.5) is 0 Å². The van der Waals surface area contributed by atoms with Gasteiger partial charge in [-0.2, -0.15) is 4.89 Å². The zero-order valence-electron chi connectivity index (χ0n) is 46.1. The molecule has 12 rings (SSSR count). The normalized spacial score (nSPS) is 17.2. The van der Waals surface area contributed by atoms with Crippen LogP contribution in [0.5, 0.6) is 0 Å². The SMILES string of the molecule is CC#CCOOOO.O=C(c1ccc(Cc2nc3ccccc3[nH]2)cc1)N1CC[C@H](N2CCCC2)C1.O=C(c1ccc(Cc2nc3ccccc3n2S(=O)(=O)c2ccccc2)cc1)N1CC[C@H](N2CCCC2)C1.O=S(=O)(Cl)c1ccccc1. The zero-order valence-corrected chi connectivity index (χ0v) is 48.5. The number of nitrogens with zero attached hydrogens (tertiary/aromatic N) is 7. The van der Waals surface area contributed by atoms with Crippen molar-refractivity contribution in [3.8, 4) is 11.8 Å². The van der Waals surface area contributed by atoms with Crippen LogP contribution in [0.15, 0.2) is 168 Å². The first-order valence-corrected chi connectivity index (χ1v) is 31.5. The summed E-state index contributed by atoms with van der Waals surface area (Å²) in [6.45, 7) is 9.76. The van der Waals surface area contributed by atoms with Crippen LogP contribution >= 0.6 is 10.7 Å². The van der Waals surface area contributed by atoms with E-state index in [4.69, 9.17) is 15.9 Å². The number of carbonyl (C=O) groups is 2. The van der Waals surface area contributed by atoms with E-state index in [0.717, 1.165) is 92.1 Å². The Morgan fingerprint density at radius 3 is 1.61 bits per heavy atom. The molecule has 4 saturated heterocycles. The van der Waals surface area contributed by atoms with Gasteiger partial charge in [0.05, 0.1) is 31.9 Å². The number of halogens is 1. The van der Waals surface area contributed by atoms with Crippen molar-refractivity contribution in [2.24, 2.45) is 0 Å². The van der Waals surface area contributed by atoms with Gasteiger partial charge in [-0.05, 0) is 166 Å². The first-order valence-electron chi connectivity index (χ1n) is 27.7. The molecule has 0 aliphatic carbocycles. The molecule has 6 aromatic carbocycles. The number of fused-ring (bicyclic) bond motifs is 2. The van der Waals surface area contributed by atoms with Crippen LogP contribution in [-0.2, 0) is 46.9 Å². The zero-order chi connectivity index (χ0) is 58.2. The third-order valence-electron chi connectivity index (χ3n) is 15.1. The summed E-state index contributed by atoms with van der Waals surface area (Å²) in [5.41, 5.74) is 6.74. The number of aromatic amines is 1. The van der Waals surface area contributed by atoms with Crippen LogP contribution in [0.1, 0.15) is 88.9 Å². The summed E-state index contributed by atoms with van der Waals surface area (Å²) in [6, 6.07) is 48.2. The van der Waals surface area contributed by atoms with Crippen LogP contribution in [0.25, 0.3) is 22.1 Å². The highest BCUT2D eigenvalue weighted by atomic mass is 35.7. The van der Waals surface area contributed by atoms with Gasteiger partial charge in [-0.1, -0.05) is 90.8 Å². The third-order valence-corrected chi connectivity index (χ3v) is 18.2. The van der Waals surface area contributed by atoms with Gasteiger partial charge in [0.1, 0.15) is 18.3 Å². The minimum absolute atomic E-state index is 0.0622. The van der Waals surface area contributed by atoms with Crippen molar-refractivity contribution in [1.82, 2.24) is 38.5 Å². The molecule has 4 aliphatic rings. The Hall–Kier alpha value is -7.29. The first kappa shape index (κ1) is 60.3. The molecule has 434 valence electrons. The number of rotatable bonds is 14. The van der Waals surface area contributed by atoms with Crippen molar-refractivity contribution in [2.75, 3.05) is 59.0 Å². The van der Waals surface area contributed by atoms with E-state index >= 15 is 0 Å². The fraction of sp³-hybridized carbons (Fsp3) is 0.323. The number of nitrogens with one attached hydrogen (secondary N) is 1. The van der Waals surface area contributed by atoms with E-state index in [1.165, 1.54) is 54.9 Å². The maximum Gasteiger partial charge on any atom is 0.269 e. The number of imidazole rings is 2. The Balaban J connectivity index is 0.000000157. The predicted octanol–water partition coefficient (Wildman–Crippen LogP) is 9.62. The van der Waals surface area contributed by atoms with Crippen LogP contribution in [-0.4, -0.2) is 143 Å². The molecule has 83 heavy (non-hydrogen) atoms. The molecule has 6 heterocycles. The second-order valence-electron chi connectivity index (χ2n) is 20.5. The Kier molecular flexibility index (Phi) is 20.9. The smallest absolute Gasteiger partial charge is 0.269 e. The van der Waals surface area contributed by atoms with Gasteiger partial charge >= 0.3 is 0 Å². The summed E-state index contributed by atoms with van der Waals surface area (Å²) in [4.78, 5) is 52.2. The van der Waals surface area contributed by atoms with Crippen molar-refractivity contribution in [3.63, 3.8) is 0 Å². The summed E-state index contributed by atoms with van der Waals surface area (Å²) >= 11 is 0. The first-order chi connectivity index (χ1) is 40.3. The summed E-state index contributed by atoms with van der Waals surface area (Å²) in [7, 11) is -2.33. The number of para-hydroxylation sites is 4. The van der Waals surface area contributed by atoms with Crippen molar-refractivity contribution >= 4 is 63.6 Å². The molecular formula is C62H67ClN8O10S2. The summed E-state index contributed by atoms with van der Waals surface area (Å²) in [6.07, 6.45) is 8.33. The number of likely N-dealkylation sites (tertiary alicyclic amines) is 4. The highest BCUT2D eigenvalue weighted by Gasteiger charge is 2.34. The van der Waals surface area contributed by atoms with Gasteiger partial charge < -0.3 is 14.8 Å². The number of carbonyl (C=O) groups excluding carboxylic acids is 2. The highest BCUT2D eigenvalue weighted by Crippen LogP contribution is 2.27.